The number of hydrogen-bond donors (Lipinski definition) is 1. The molecule has 5 rings (SSSR count). The Bertz CT molecular complexity index is 1770. The molecule has 0 aliphatic heterocycles. The SMILES string of the molecule is CC(C)(C)Cn1c(Cc2ccc(-c3cccc(OCc4ccc(C#N)cc4F)n3)c(F)c2)nc2ccc(CO)cc21. The quantitative estimate of drug-likeness (QED) is 0.225. The number of rotatable bonds is 8. The van der Waals surface area contributed by atoms with Crippen LogP contribution in [0.3, 0.4) is 0 Å². The predicted octanol–water partition coefficient (Wildman–Crippen LogP) is 6.96. The Labute approximate surface area is 237 Å². The number of pyridine rings is 1. The highest BCUT2D eigenvalue weighted by molar-refractivity contribution is 5.77. The van der Waals surface area contributed by atoms with Crippen molar-refractivity contribution in [2.75, 3.05) is 0 Å². The van der Waals surface area contributed by atoms with Crippen LogP contribution < -0.4 is 4.74 Å². The predicted molar refractivity (Wildman–Crippen MR) is 153 cm³/mol. The number of fused-ring (bicyclic) bond motifs is 1. The lowest BCUT2D eigenvalue weighted by atomic mass is 9.96. The van der Waals surface area contributed by atoms with Crippen LogP contribution in [0.25, 0.3) is 22.3 Å². The van der Waals surface area contributed by atoms with Gasteiger partial charge in [0.1, 0.15) is 24.1 Å². The number of aliphatic hydroxyl groups excluding tert-OH is 1. The van der Waals surface area contributed by atoms with Crippen LogP contribution in [0.5, 0.6) is 5.88 Å². The molecule has 0 unspecified atom stereocenters. The van der Waals surface area contributed by atoms with E-state index >= 15 is 4.39 Å². The molecule has 2 aromatic heterocycles. The van der Waals surface area contributed by atoms with Gasteiger partial charge in [-0.15, -0.1) is 0 Å². The molecule has 5 aromatic rings. The molecule has 8 heteroatoms. The highest BCUT2D eigenvalue weighted by atomic mass is 19.1. The summed E-state index contributed by atoms with van der Waals surface area (Å²) in [6, 6.07) is 21.9. The zero-order chi connectivity index (χ0) is 29.1. The van der Waals surface area contributed by atoms with Gasteiger partial charge >= 0.3 is 0 Å². The van der Waals surface area contributed by atoms with Crippen LogP contribution in [0, 0.1) is 28.4 Å². The van der Waals surface area contributed by atoms with E-state index in [1.54, 1.807) is 24.3 Å². The van der Waals surface area contributed by atoms with Gasteiger partial charge in [0.2, 0.25) is 5.88 Å². The van der Waals surface area contributed by atoms with Crippen molar-refractivity contribution in [2.24, 2.45) is 5.41 Å². The first-order chi connectivity index (χ1) is 19.6. The molecule has 6 nitrogen and oxygen atoms in total. The summed E-state index contributed by atoms with van der Waals surface area (Å²) in [5, 5.41) is 18.5. The van der Waals surface area contributed by atoms with Crippen LogP contribution in [0.4, 0.5) is 8.78 Å². The van der Waals surface area contributed by atoms with Gasteiger partial charge in [-0.2, -0.15) is 5.26 Å². The third kappa shape index (κ3) is 6.42. The third-order valence-corrected chi connectivity index (χ3v) is 6.66. The molecule has 41 heavy (non-hydrogen) atoms. The number of aliphatic hydroxyl groups is 1. The standard InChI is InChI=1S/C33H30F2N4O2/c1-33(2,3)20-39-30-15-23(18-40)9-12-29(30)37-31(39)16-21-8-11-25(27(35)13-21)28-5-4-6-32(38-28)41-19-24-10-7-22(17-36)14-26(24)34/h4-15,40H,16,18-20H2,1-3H3. The van der Waals surface area contributed by atoms with Gasteiger partial charge in [0, 0.05) is 30.2 Å². The van der Waals surface area contributed by atoms with Gasteiger partial charge in [-0.1, -0.05) is 45.0 Å². The number of benzene rings is 3. The summed E-state index contributed by atoms with van der Waals surface area (Å²) >= 11 is 0. The van der Waals surface area contributed by atoms with Crippen molar-refractivity contribution in [3.63, 3.8) is 0 Å². The molecule has 0 bridgehead atoms. The summed E-state index contributed by atoms with van der Waals surface area (Å²) in [4.78, 5) is 9.26. The molecule has 0 atom stereocenters. The monoisotopic (exact) mass is 552 g/mol. The Balaban J connectivity index is 1.37. The first kappa shape index (κ1) is 27.9. The van der Waals surface area contributed by atoms with Crippen molar-refractivity contribution < 1.29 is 18.6 Å². The molecule has 3 aromatic carbocycles. The third-order valence-electron chi connectivity index (χ3n) is 6.66. The molecule has 0 saturated carbocycles. The molecular formula is C33H30F2N4O2. The normalized spacial score (nSPS) is 11.5. The highest BCUT2D eigenvalue weighted by Crippen LogP contribution is 2.28. The molecule has 2 heterocycles. The Hall–Kier alpha value is -4.61. The first-order valence-corrected chi connectivity index (χ1v) is 13.3. The zero-order valence-electron chi connectivity index (χ0n) is 23.2. The Morgan fingerprint density at radius 1 is 0.927 bits per heavy atom. The fourth-order valence-corrected chi connectivity index (χ4v) is 4.69. The van der Waals surface area contributed by atoms with E-state index in [-0.39, 0.29) is 35.6 Å². The molecule has 0 fully saturated rings. The molecule has 0 amide bonds. The average molecular weight is 553 g/mol. The summed E-state index contributed by atoms with van der Waals surface area (Å²) in [6.07, 6.45) is 0.434. The summed E-state index contributed by atoms with van der Waals surface area (Å²) in [6.45, 7) is 7.05. The minimum absolute atomic E-state index is 0.0165. The maximum atomic E-state index is 15.4. The molecule has 0 radical (unpaired) electrons. The molecule has 208 valence electrons. The highest BCUT2D eigenvalue weighted by Gasteiger charge is 2.19. The first-order valence-electron chi connectivity index (χ1n) is 13.3. The van der Waals surface area contributed by atoms with E-state index in [4.69, 9.17) is 15.0 Å². The Morgan fingerprint density at radius 3 is 2.44 bits per heavy atom. The second kappa shape index (κ2) is 11.5. The van der Waals surface area contributed by atoms with Crippen LogP contribution in [-0.2, 0) is 26.2 Å². The van der Waals surface area contributed by atoms with Crippen LogP contribution in [0.2, 0.25) is 0 Å². The van der Waals surface area contributed by atoms with Crippen molar-refractivity contribution >= 4 is 11.0 Å². The number of ether oxygens (including phenoxy) is 1. The van der Waals surface area contributed by atoms with Crippen LogP contribution in [-0.4, -0.2) is 19.6 Å². The lowest BCUT2D eigenvalue weighted by Crippen LogP contribution is -2.17. The van der Waals surface area contributed by atoms with Gasteiger partial charge in [0.05, 0.1) is 35.0 Å². The average Bonchev–Trinajstić information content (AvgIpc) is 3.26. The lowest BCUT2D eigenvalue weighted by Gasteiger charge is -2.21. The molecule has 0 spiro atoms. The van der Waals surface area contributed by atoms with E-state index in [1.165, 1.54) is 18.2 Å². The fraction of sp³-hybridized carbons (Fsp3) is 0.242. The zero-order valence-corrected chi connectivity index (χ0v) is 23.2. The van der Waals surface area contributed by atoms with Gasteiger partial charge < -0.3 is 14.4 Å². The summed E-state index contributed by atoms with van der Waals surface area (Å²) in [5.74, 6) is 0.0895. The lowest BCUT2D eigenvalue weighted by molar-refractivity contribution is 0.282. The van der Waals surface area contributed by atoms with E-state index < -0.39 is 11.6 Å². The van der Waals surface area contributed by atoms with Gasteiger partial charge in [0.25, 0.3) is 0 Å². The maximum Gasteiger partial charge on any atom is 0.214 e. The largest absolute Gasteiger partial charge is 0.473 e. The number of imidazole rings is 1. The van der Waals surface area contributed by atoms with Crippen molar-refractivity contribution in [2.45, 2.75) is 47.0 Å². The van der Waals surface area contributed by atoms with E-state index in [1.807, 2.05) is 30.3 Å². The van der Waals surface area contributed by atoms with E-state index in [0.29, 0.717) is 17.7 Å². The van der Waals surface area contributed by atoms with Crippen molar-refractivity contribution in [3.8, 4) is 23.2 Å². The number of nitriles is 1. The Morgan fingerprint density at radius 2 is 1.73 bits per heavy atom. The van der Waals surface area contributed by atoms with Gasteiger partial charge in [-0.3, -0.25) is 0 Å². The van der Waals surface area contributed by atoms with Crippen molar-refractivity contribution in [1.82, 2.24) is 14.5 Å². The Kier molecular flexibility index (Phi) is 7.82. The van der Waals surface area contributed by atoms with Gasteiger partial charge in [-0.05, 0) is 59.0 Å². The van der Waals surface area contributed by atoms with Crippen LogP contribution in [0.1, 0.15) is 48.8 Å². The number of halogens is 2. The van der Waals surface area contributed by atoms with E-state index in [9.17, 15) is 9.50 Å². The molecular weight excluding hydrogens is 522 g/mol. The minimum atomic E-state index is -0.535. The van der Waals surface area contributed by atoms with Gasteiger partial charge in [-0.25, -0.2) is 18.7 Å². The summed E-state index contributed by atoms with van der Waals surface area (Å²) in [5.41, 5.74) is 4.57. The minimum Gasteiger partial charge on any atom is -0.473 e. The van der Waals surface area contributed by atoms with Gasteiger partial charge in [0.15, 0.2) is 0 Å². The number of aromatic nitrogens is 3. The number of nitrogens with zero attached hydrogens (tertiary/aromatic N) is 4. The van der Waals surface area contributed by atoms with E-state index in [0.717, 1.165) is 40.6 Å². The topological polar surface area (TPSA) is 84.0 Å². The molecule has 0 aliphatic rings. The maximum absolute atomic E-state index is 15.4. The van der Waals surface area contributed by atoms with Crippen molar-refractivity contribution in [1.29, 1.82) is 5.26 Å². The van der Waals surface area contributed by atoms with Crippen LogP contribution >= 0.6 is 0 Å². The second-order valence-corrected chi connectivity index (χ2v) is 11.2. The smallest absolute Gasteiger partial charge is 0.214 e. The summed E-state index contributed by atoms with van der Waals surface area (Å²) in [7, 11) is 0. The van der Waals surface area contributed by atoms with Crippen molar-refractivity contribution in [3.05, 3.63) is 113 Å². The van der Waals surface area contributed by atoms with E-state index in [2.05, 4.69) is 30.3 Å². The second-order valence-electron chi connectivity index (χ2n) is 11.2. The molecule has 0 aliphatic carbocycles. The fourth-order valence-electron chi connectivity index (χ4n) is 4.69. The van der Waals surface area contributed by atoms with Crippen LogP contribution in [0.15, 0.2) is 72.8 Å². The number of hydrogen-bond acceptors (Lipinski definition) is 5. The summed E-state index contributed by atoms with van der Waals surface area (Å²) < 4.78 is 37.4. The molecule has 1 N–H and O–H groups in total. The molecule has 0 saturated heterocycles.